The smallest absolute Gasteiger partial charge is 0.251 e. The molecular weight excluding hydrogens is 705 g/mol. The van der Waals surface area contributed by atoms with Gasteiger partial charge in [0.2, 0.25) is 0 Å². The van der Waals surface area contributed by atoms with Gasteiger partial charge < -0.3 is 16.0 Å². The Morgan fingerprint density at radius 1 is 0.467 bits per heavy atom. The number of nitrogens with zero attached hydrogens (tertiary/aromatic N) is 3. The van der Waals surface area contributed by atoms with Crippen LogP contribution in [0.4, 0.5) is 0 Å². The van der Waals surface area contributed by atoms with Gasteiger partial charge >= 0.3 is 0 Å². The number of carbonyl (C=O) groups excluding carboxylic acids is 3. The molecule has 45 heavy (non-hydrogen) atoms. The standard InChI is InChI=1S/C30H48Cl6N6O3/c1-25(2,16-28(7,8)40(31)32)37-22(43)19-13-20(23(44)38-26(3,4)17-29(9,10)41(33)34)15-21(14-19)24(45)39-27(5,6)18-30(11,12)42(35)36/h13-15H,16-18H2,1-12H3,(H,37,43)(H,38,44)(H,39,45). The minimum atomic E-state index is -0.769. The van der Waals surface area contributed by atoms with E-state index in [0.29, 0.717) is 19.3 Å². The van der Waals surface area contributed by atoms with E-state index in [1.54, 1.807) is 0 Å². The van der Waals surface area contributed by atoms with Crippen molar-refractivity contribution in [2.24, 2.45) is 0 Å². The maximum absolute atomic E-state index is 13.6. The monoisotopic (exact) mass is 750 g/mol. The minimum Gasteiger partial charge on any atom is -0.347 e. The third-order valence-electron chi connectivity index (χ3n) is 7.07. The Kier molecular flexibility index (Phi) is 14.3. The fourth-order valence-corrected chi connectivity index (χ4v) is 6.07. The quantitative estimate of drug-likeness (QED) is 0.156. The highest BCUT2D eigenvalue weighted by Gasteiger charge is 2.37. The molecule has 0 spiro atoms. The Balaban J connectivity index is 3.54. The molecule has 0 radical (unpaired) electrons. The van der Waals surface area contributed by atoms with Crippen LogP contribution in [0.15, 0.2) is 18.2 Å². The molecule has 9 nitrogen and oxygen atoms in total. The van der Waals surface area contributed by atoms with Gasteiger partial charge in [-0.3, -0.25) is 14.4 Å². The van der Waals surface area contributed by atoms with Crippen LogP contribution in [0.25, 0.3) is 0 Å². The van der Waals surface area contributed by atoms with Gasteiger partial charge in [-0.15, -0.1) is 11.8 Å². The Hall–Kier alpha value is -0.750. The van der Waals surface area contributed by atoms with Gasteiger partial charge in [-0.05, 0) is 191 Å². The molecule has 0 bridgehead atoms. The third-order valence-corrected chi connectivity index (χ3v) is 9.82. The summed E-state index contributed by atoms with van der Waals surface area (Å²) in [6, 6.07) is 4.34. The van der Waals surface area contributed by atoms with Gasteiger partial charge in [-0.2, -0.15) is 0 Å². The highest BCUT2D eigenvalue weighted by molar-refractivity contribution is 6.35. The van der Waals surface area contributed by atoms with Crippen LogP contribution in [0, 0.1) is 0 Å². The molecule has 0 unspecified atom stereocenters. The molecule has 0 aliphatic carbocycles. The first kappa shape index (κ1) is 42.3. The molecular formula is C30H48Cl6N6O3. The van der Waals surface area contributed by atoms with Gasteiger partial charge in [-0.1, -0.05) is 0 Å². The Bertz CT molecular complexity index is 1070. The summed E-state index contributed by atoms with van der Waals surface area (Å²) < 4.78 is 3.13. The third kappa shape index (κ3) is 13.3. The first-order valence-electron chi connectivity index (χ1n) is 14.4. The van der Waals surface area contributed by atoms with Gasteiger partial charge in [0.1, 0.15) is 0 Å². The van der Waals surface area contributed by atoms with Gasteiger partial charge in [0.15, 0.2) is 0 Å². The summed E-state index contributed by atoms with van der Waals surface area (Å²) >= 11 is 36.1. The van der Waals surface area contributed by atoms with E-state index in [1.165, 1.54) is 18.2 Å². The van der Waals surface area contributed by atoms with Crippen molar-refractivity contribution in [3.63, 3.8) is 0 Å². The van der Waals surface area contributed by atoms with Crippen molar-refractivity contribution < 1.29 is 14.4 Å². The summed E-state index contributed by atoms with van der Waals surface area (Å²) in [6.45, 7) is 22.0. The summed E-state index contributed by atoms with van der Waals surface area (Å²) in [5.74, 6) is -1.47. The van der Waals surface area contributed by atoms with Crippen LogP contribution in [0.2, 0.25) is 0 Å². The maximum Gasteiger partial charge on any atom is 0.251 e. The van der Waals surface area contributed by atoms with E-state index in [-0.39, 0.29) is 16.7 Å². The second-order valence-electron chi connectivity index (χ2n) is 15.5. The first-order chi connectivity index (χ1) is 19.9. The lowest BCUT2D eigenvalue weighted by Crippen LogP contribution is -2.51. The number of benzene rings is 1. The molecule has 0 heterocycles. The fourth-order valence-electron chi connectivity index (χ4n) is 5.72. The van der Waals surface area contributed by atoms with Gasteiger partial charge in [0.05, 0.1) is 0 Å². The lowest BCUT2D eigenvalue weighted by molar-refractivity contribution is 0.0888. The van der Waals surface area contributed by atoms with Crippen molar-refractivity contribution in [2.45, 2.75) is 136 Å². The number of hydrogen-bond donors (Lipinski definition) is 3. The van der Waals surface area contributed by atoms with Crippen LogP contribution < -0.4 is 16.0 Å². The number of halogens is 6. The van der Waals surface area contributed by atoms with Crippen LogP contribution in [-0.2, 0) is 0 Å². The maximum atomic E-state index is 13.6. The van der Waals surface area contributed by atoms with Crippen molar-refractivity contribution in [1.82, 2.24) is 27.8 Å². The molecule has 0 atom stereocenters. The Labute approximate surface area is 299 Å². The minimum absolute atomic E-state index is 0.115. The zero-order chi connectivity index (χ0) is 35.6. The number of rotatable bonds is 15. The number of nitrogens with one attached hydrogen (secondary N) is 3. The second-order valence-corrected chi connectivity index (χ2v) is 18.0. The Morgan fingerprint density at radius 2 is 0.644 bits per heavy atom. The predicted molar refractivity (Wildman–Crippen MR) is 188 cm³/mol. The molecule has 0 fully saturated rings. The van der Waals surface area contributed by atoms with Crippen LogP contribution in [0.5, 0.6) is 0 Å². The van der Waals surface area contributed by atoms with Gasteiger partial charge in [0, 0.05) is 49.9 Å². The number of hydrogen-bond acceptors (Lipinski definition) is 6. The van der Waals surface area contributed by atoms with Gasteiger partial charge in [-0.25, -0.2) is 0 Å². The van der Waals surface area contributed by atoms with E-state index < -0.39 is 51.0 Å². The number of amides is 3. The molecule has 15 heteroatoms. The van der Waals surface area contributed by atoms with Crippen molar-refractivity contribution in [1.29, 1.82) is 0 Å². The molecule has 0 aliphatic rings. The zero-order valence-corrected chi connectivity index (χ0v) is 32.7. The first-order valence-corrected chi connectivity index (χ1v) is 16.4. The molecule has 0 aromatic heterocycles. The predicted octanol–water partition coefficient (Wildman–Crippen LogP) is 8.55. The molecule has 3 amide bonds. The van der Waals surface area contributed by atoms with Crippen molar-refractivity contribution >= 4 is 88.4 Å². The lowest BCUT2D eigenvalue weighted by Gasteiger charge is -2.37. The van der Waals surface area contributed by atoms with E-state index >= 15 is 0 Å². The van der Waals surface area contributed by atoms with Crippen LogP contribution in [-0.4, -0.2) is 62.8 Å². The molecule has 258 valence electrons. The lowest BCUT2D eigenvalue weighted by atomic mass is 9.87. The van der Waals surface area contributed by atoms with Crippen LogP contribution in [0.1, 0.15) is 133 Å². The van der Waals surface area contributed by atoms with Crippen LogP contribution >= 0.6 is 70.7 Å². The van der Waals surface area contributed by atoms with E-state index in [4.69, 9.17) is 70.7 Å². The molecule has 1 rings (SSSR count). The van der Waals surface area contributed by atoms with Crippen LogP contribution in [0.3, 0.4) is 0 Å². The summed E-state index contributed by atoms with van der Waals surface area (Å²) in [6.07, 6.45) is 1.16. The highest BCUT2D eigenvalue weighted by atomic mass is 35.6. The summed E-state index contributed by atoms with van der Waals surface area (Å²) in [4.78, 5) is 40.9. The SMILES string of the molecule is CC(C)(CC(C)(C)N(Cl)Cl)NC(=O)c1cc(C(=O)NC(C)(C)CC(C)(C)N(Cl)Cl)cc(C(=O)NC(C)(C)CC(C)(C)N(Cl)Cl)c1. The summed E-state index contributed by atoms with van der Waals surface area (Å²) in [5.41, 5.74) is -3.98. The molecule has 0 aliphatic heterocycles. The largest absolute Gasteiger partial charge is 0.347 e. The fraction of sp³-hybridized carbons (Fsp3) is 0.700. The van der Waals surface area contributed by atoms with Crippen molar-refractivity contribution in [3.05, 3.63) is 34.9 Å². The summed E-state index contributed by atoms with van der Waals surface area (Å²) in [5, 5.41) is 8.95. The molecule has 3 N–H and O–H groups in total. The molecule has 1 aromatic rings. The van der Waals surface area contributed by atoms with E-state index in [2.05, 4.69) is 16.0 Å². The van der Waals surface area contributed by atoms with Crippen molar-refractivity contribution in [3.8, 4) is 0 Å². The van der Waals surface area contributed by atoms with E-state index in [9.17, 15) is 14.4 Å². The average Bonchev–Trinajstić information content (AvgIpc) is 2.80. The average molecular weight is 753 g/mol. The highest BCUT2D eigenvalue weighted by Crippen LogP contribution is 2.32. The number of carbonyl (C=O) groups is 3. The normalized spacial score (nSPS) is 13.8. The van der Waals surface area contributed by atoms with E-state index in [1.807, 2.05) is 83.1 Å². The molecule has 0 saturated heterocycles. The zero-order valence-electron chi connectivity index (χ0n) is 28.2. The van der Waals surface area contributed by atoms with Gasteiger partial charge in [0.25, 0.3) is 17.7 Å². The van der Waals surface area contributed by atoms with E-state index in [0.717, 1.165) is 11.8 Å². The Morgan fingerprint density at radius 3 is 0.800 bits per heavy atom. The molecule has 0 saturated carbocycles. The summed E-state index contributed by atoms with van der Waals surface area (Å²) in [7, 11) is 0. The topological polar surface area (TPSA) is 97.0 Å². The molecule has 1 aromatic carbocycles. The second kappa shape index (κ2) is 15.2. The van der Waals surface area contributed by atoms with Crippen molar-refractivity contribution in [2.75, 3.05) is 0 Å².